The highest BCUT2D eigenvalue weighted by molar-refractivity contribution is 5.63. The summed E-state index contributed by atoms with van der Waals surface area (Å²) in [5, 5.41) is 17.5. The maximum atomic E-state index is 10.3. The van der Waals surface area contributed by atoms with Crippen molar-refractivity contribution in [2.45, 2.75) is 91.0 Å². The summed E-state index contributed by atoms with van der Waals surface area (Å²) in [6.45, 7) is 5.16. The number of carboxylic acids is 1. The molecule has 1 N–H and O–H groups in total. The number of aryl methyl sites for hydroxylation is 2. The van der Waals surface area contributed by atoms with Crippen molar-refractivity contribution in [1.29, 1.82) is 0 Å². The maximum absolute atomic E-state index is 10.3. The predicted octanol–water partition coefficient (Wildman–Crippen LogP) is 2.36. The van der Waals surface area contributed by atoms with Crippen LogP contribution in [0.4, 0.5) is 0 Å². The van der Waals surface area contributed by atoms with E-state index in [-0.39, 0.29) is 6.42 Å². The highest BCUT2D eigenvalue weighted by Gasteiger charge is 2.10. The zero-order chi connectivity index (χ0) is 16.2. The molecule has 1 heterocycles. The molecule has 5 nitrogen and oxygen atoms in total. The van der Waals surface area contributed by atoms with Crippen molar-refractivity contribution >= 4 is 5.97 Å². The van der Waals surface area contributed by atoms with Crippen molar-refractivity contribution in [3.05, 3.63) is 11.4 Å². The van der Waals surface area contributed by atoms with Crippen LogP contribution in [-0.2, 0) is 11.3 Å². The number of hydrogen-bond acceptors (Lipinski definition) is 3. The number of rotatable bonds is 13. The average molecular weight is 309 g/mol. The van der Waals surface area contributed by atoms with Crippen molar-refractivity contribution in [3.63, 3.8) is 0 Å². The van der Waals surface area contributed by atoms with Gasteiger partial charge in [0.05, 0.1) is 0 Å². The third kappa shape index (κ3) is 8.15. The van der Waals surface area contributed by atoms with E-state index in [4.69, 9.17) is 0 Å². The molecule has 126 valence electrons. The number of aromatic nitrogens is 3. The number of carbonyl (C=O) groups is 1. The minimum atomic E-state index is -0.918. The molecule has 0 fully saturated rings. The molecule has 5 heteroatoms. The molecule has 0 unspecified atom stereocenters. The molecule has 0 aliphatic rings. The highest BCUT2D eigenvalue weighted by Crippen LogP contribution is 2.11. The Kier molecular flexibility index (Phi) is 9.51. The molecule has 0 saturated carbocycles. The lowest BCUT2D eigenvalue weighted by atomic mass is 10.1. The second kappa shape index (κ2) is 11.2. The molecule has 0 bridgehead atoms. The van der Waals surface area contributed by atoms with Gasteiger partial charge in [0, 0.05) is 24.9 Å². The first-order valence-corrected chi connectivity index (χ1v) is 8.72. The Labute approximate surface area is 134 Å². The maximum Gasteiger partial charge on any atom is 0.218 e. The van der Waals surface area contributed by atoms with E-state index in [1.807, 2.05) is 6.92 Å². The van der Waals surface area contributed by atoms with Gasteiger partial charge in [0.15, 0.2) is 5.69 Å². The van der Waals surface area contributed by atoms with Crippen molar-refractivity contribution in [2.75, 3.05) is 0 Å². The molecule has 0 aliphatic carbocycles. The third-order valence-corrected chi connectivity index (χ3v) is 4.28. The van der Waals surface area contributed by atoms with Gasteiger partial charge in [-0.3, -0.25) is 0 Å². The minimum Gasteiger partial charge on any atom is -0.550 e. The van der Waals surface area contributed by atoms with E-state index >= 15 is 0 Å². The smallest absolute Gasteiger partial charge is 0.218 e. The summed E-state index contributed by atoms with van der Waals surface area (Å²) in [4.78, 5) is 10.3. The number of aliphatic carboxylic acids is 1. The number of unbranched alkanes of at least 4 members (excludes halogenated alkanes) is 9. The van der Waals surface area contributed by atoms with Crippen LogP contribution in [0.2, 0.25) is 0 Å². The van der Waals surface area contributed by atoms with E-state index in [2.05, 4.69) is 21.9 Å². The first kappa shape index (κ1) is 18.7. The minimum absolute atomic E-state index is 0.216. The number of carbonyl (C=O) groups excluding carboxylic acids is 1. The summed E-state index contributed by atoms with van der Waals surface area (Å²) in [5.74, 6) is -0.918. The van der Waals surface area contributed by atoms with Gasteiger partial charge in [0.25, 0.3) is 0 Å². The Balaban J connectivity index is 1.84. The number of nitrogens with zero attached hydrogens (tertiary/aromatic N) is 2. The zero-order valence-electron chi connectivity index (χ0n) is 14.2. The van der Waals surface area contributed by atoms with E-state index in [0.29, 0.717) is 0 Å². The van der Waals surface area contributed by atoms with Crippen molar-refractivity contribution in [3.8, 4) is 0 Å². The molecule has 0 spiro atoms. The second-order valence-corrected chi connectivity index (χ2v) is 6.19. The molecular weight excluding hydrogens is 278 g/mol. The quantitative estimate of drug-likeness (QED) is 0.449. The molecule has 0 radical (unpaired) electrons. The summed E-state index contributed by atoms with van der Waals surface area (Å²) in [7, 11) is 0. The largest absolute Gasteiger partial charge is 0.550 e. The van der Waals surface area contributed by atoms with Gasteiger partial charge in [0.2, 0.25) is 5.69 Å². The van der Waals surface area contributed by atoms with Crippen LogP contribution in [0.25, 0.3) is 0 Å². The molecule has 0 amide bonds. The van der Waals surface area contributed by atoms with Gasteiger partial charge in [-0.15, -0.1) is 0 Å². The summed E-state index contributed by atoms with van der Waals surface area (Å²) >= 11 is 0. The van der Waals surface area contributed by atoms with E-state index < -0.39 is 5.97 Å². The first-order valence-electron chi connectivity index (χ1n) is 8.72. The highest BCUT2D eigenvalue weighted by atomic mass is 16.4. The van der Waals surface area contributed by atoms with Crippen LogP contribution in [0.3, 0.4) is 0 Å². The fraction of sp³-hybridized carbons (Fsp3) is 0.824. The van der Waals surface area contributed by atoms with Gasteiger partial charge in [-0.05, 0) is 25.7 Å². The van der Waals surface area contributed by atoms with Crippen molar-refractivity contribution in [1.82, 2.24) is 10.3 Å². The summed E-state index contributed by atoms with van der Waals surface area (Å²) in [5.41, 5.74) is 2.32. The number of nitrogens with one attached hydrogen (secondary N) is 1. The van der Waals surface area contributed by atoms with E-state index in [1.165, 1.54) is 50.6 Å². The van der Waals surface area contributed by atoms with Gasteiger partial charge < -0.3 is 9.90 Å². The topological polar surface area (TPSA) is 72.7 Å². The van der Waals surface area contributed by atoms with E-state index in [1.54, 1.807) is 0 Å². The van der Waals surface area contributed by atoms with Gasteiger partial charge in [-0.25, -0.2) is 0 Å². The van der Waals surface area contributed by atoms with Gasteiger partial charge in [-0.1, -0.05) is 50.2 Å². The molecule has 1 aromatic rings. The molecular formula is C17H31N3O2. The molecule has 22 heavy (non-hydrogen) atoms. The lowest BCUT2D eigenvalue weighted by Crippen LogP contribution is -2.38. The monoisotopic (exact) mass is 309 g/mol. The lowest BCUT2D eigenvalue weighted by molar-refractivity contribution is -0.759. The second-order valence-electron chi connectivity index (χ2n) is 6.19. The SMILES string of the molecule is Cc1n[nH][n+](CCCCCCCCCCCCC(=O)[O-])c1C. The van der Waals surface area contributed by atoms with E-state index in [9.17, 15) is 9.90 Å². The average Bonchev–Trinajstić information content (AvgIpc) is 2.80. The number of hydrogen-bond donors (Lipinski definition) is 1. The fourth-order valence-electron chi connectivity index (χ4n) is 2.66. The predicted molar refractivity (Wildman–Crippen MR) is 84.1 cm³/mol. The molecule has 1 aromatic heterocycles. The van der Waals surface area contributed by atoms with Crippen molar-refractivity contribution in [2.24, 2.45) is 0 Å². The number of aromatic amines is 1. The molecule has 0 atom stereocenters. The summed E-state index contributed by atoms with van der Waals surface area (Å²) < 4.78 is 2.13. The Morgan fingerprint density at radius 1 is 0.955 bits per heavy atom. The van der Waals surface area contributed by atoms with Crippen LogP contribution in [0.5, 0.6) is 0 Å². The van der Waals surface area contributed by atoms with Crippen LogP contribution in [0.1, 0.15) is 82.0 Å². The number of H-pyrrole nitrogens is 1. The standard InChI is InChI=1S/C17H31N3O2/c1-15-16(2)20(19-18-15)14-12-10-8-6-4-3-5-7-9-11-13-17(21)22/h3-14H2,1-2H3,(H,21,22). The Morgan fingerprint density at radius 2 is 1.45 bits per heavy atom. The number of carboxylic acid groups (broad SMARTS) is 1. The third-order valence-electron chi connectivity index (χ3n) is 4.28. The fourth-order valence-corrected chi connectivity index (χ4v) is 2.66. The van der Waals surface area contributed by atoms with E-state index in [0.717, 1.165) is 31.5 Å². The summed E-state index contributed by atoms with van der Waals surface area (Å²) in [6, 6.07) is 0. The van der Waals surface area contributed by atoms with Crippen LogP contribution in [0.15, 0.2) is 0 Å². The van der Waals surface area contributed by atoms with Crippen LogP contribution >= 0.6 is 0 Å². The van der Waals surface area contributed by atoms with Crippen LogP contribution in [-0.4, -0.2) is 16.3 Å². The summed E-state index contributed by atoms with van der Waals surface area (Å²) in [6.07, 6.45) is 12.1. The normalized spacial score (nSPS) is 11.0. The molecule has 0 aliphatic heterocycles. The zero-order valence-corrected chi connectivity index (χ0v) is 14.2. The van der Waals surface area contributed by atoms with Crippen LogP contribution < -0.4 is 9.79 Å². The Morgan fingerprint density at radius 3 is 1.91 bits per heavy atom. The molecule has 1 rings (SSSR count). The van der Waals surface area contributed by atoms with Gasteiger partial charge in [0.1, 0.15) is 6.54 Å². The first-order chi connectivity index (χ1) is 10.6. The van der Waals surface area contributed by atoms with Crippen LogP contribution in [0, 0.1) is 13.8 Å². The molecule has 0 saturated heterocycles. The molecule has 0 aromatic carbocycles. The van der Waals surface area contributed by atoms with Gasteiger partial charge >= 0.3 is 0 Å². The Hall–Kier alpha value is -1.39. The lowest BCUT2D eigenvalue weighted by Gasteiger charge is -2.03. The van der Waals surface area contributed by atoms with Gasteiger partial charge in [-0.2, -0.15) is 4.68 Å². The van der Waals surface area contributed by atoms with Crippen molar-refractivity contribution < 1.29 is 14.6 Å². The Bertz CT molecular complexity index is 430.